The molecule has 0 atom stereocenters. The van der Waals surface area contributed by atoms with E-state index in [9.17, 15) is 9.59 Å². The molecule has 0 saturated carbocycles. The topological polar surface area (TPSA) is 81.9 Å². The van der Waals surface area contributed by atoms with E-state index in [4.69, 9.17) is 15.2 Å². The van der Waals surface area contributed by atoms with Gasteiger partial charge in [-0.1, -0.05) is 13.8 Å². The molecule has 0 aliphatic carbocycles. The number of hydrogen-bond acceptors (Lipinski definition) is 6. The van der Waals surface area contributed by atoms with Crippen LogP contribution in [0.2, 0.25) is 0 Å². The third-order valence-corrected chi connectivity index (χ3v) is 3.29. The quantitative estimate of drug-likeness (QED) is 0.584. The molecule has 0 fully saturated rings. The highest BCUT2D eigenvalue weighted by atomic mass is 16.5. The predicted octanol–water partition coefficient (Wildman–Crippen LogP) is 1.94. The minimum absolute atomic E-state index is 0.137. The number of carbonyl (C=O) groups is 2. The largest absolute Gasteiger partial charge is 0.462 e. The fourth-order valence-electron chi connectivity index (χ4n) is 2.00. The molecule has 0 aromatic heterocycles. The Balaban J connectivity index is 2.79. The van der Waals surface area contributed by atoms with E-state index in [0.717, 1.165) is 13.1 Å². The fourth-order valence-corrected chi connectivity index (χ4v) is 2.00. The van der Waals surface area contributed by atoms with E-state index in [1.54, 1.807) is 13.0 Å². The molecule has 1 aromatic carbocycles. The summed E-state index contributed by atoms with van der Waals surface area (Å²) in [7, 11) is 0. The van der Waals surface area contributed by atoms with Crippen LogP contribution in [-0.2, 0) is 9.47 Å². The third kappa shape index (κ3) is 5.04. The van der Waals surface area contributed by atoms with Gasteiger partial charge >= 0.3 is 11.9 Å². The van der Waals surface area contributed by atoms with Gasteiger partial charge < -0.3 is 20.1 Å². The lowest BCUT2D eigenvalue weighted by Gasteiger charge is -2.17. The van der Waals surface area contributed by atoms with Gasteiger partial charge in [0.05, 0.1) is 17.7 Å². The predicted molar refractivity (Wildman–Crippen MR) is 84.9 cm³/mol. The second-order valence-electron chi connectivity index (χ2n) is 4.69. The lowest BCUT2D eigenvalue weighted by molar-refractivity contribution is 0.0441. The monoisotopic (exact) mass is 308 g/mol. The molecule has 0 unspecified atom stereocenters. The van der Waals surface area contributed by atoms with E-state index < -0.39 is 11.9 Å². The lowest BCUT2D eigenvalue weighted by Crippen LogP contribution is -2.28. The van der Waals surface area contributed by atoms with E-state index in [1.165, 1.54) is 12.1 Å². The van der Waals surface area contributed by atoms with Crippen molar-refractivity contribution in [1.82, 2.24) is 4.90 Å². The first-order valence-electron chi connectivity index (χ1n) is 7.49. The van der Waals surface area contributed by atoms with Gasteiger partial charge in [-0.25, -0.2) is 9.59 Å². The second kappa shape index (κ2) is 9.04. The van der Waals surface area contributed by atoms with Crippen molar-refractivity contribution in [2.45, 2.75) is 20.8 Å². The fraction of sp³-hybridized carbons (Fsp3) is 0.500. The summed E-state index contributed by atoms with van der Waals surface area (Å²) in [4.78, 5) is 26.2. The molecule has 22 heavy (non-hydrogen) atoms. The Kier molecular flexibility index (Phi) is 7.39. The lowest BCUT2D eigenvalue weighted by atomic mass is 10.1. The molecule has 0 aliphatic heterocycles. The highest BCUT2D eigenvalue weighted by Crippen LogP contribution is 2.16. The molecule has 2 N–H and O–H groups in total. The maximum absolute atomic E-state index is 12.2. The summed E-state index contributed by atoms with van der Waals surface area (Å²) < 4.78 is 10.2. The number of esters is 2. The minimum atomic E-state index is -0.567. The van der Waals surface area contributed by atoms with Gasteiger partial charge in [0.25, 0.3) is 0 Å². The zero-order valence-electron chi connectivity index (χ0n) is 13.4. The Morgan fingerprint density at radius 2 is 1.68 bits per heavy atom. The molecule has 1 aromatic rings. The number of benzene rings is 1. The summed E-state index contributed by atoms with van der Waals surface area (Å²) in [5.41, 5.74) is 6.39. The highest BCUT2D eigenvalue weighted by Gasteiger charge is 2.19. The first kappa shape index (κ1) is 18.0. The molecule has 0 bridgehead atoms. The minimum Gasteiger partial charge on any atom is -0.462 e. The smallest absolute Gasteiger partial charge is 0.339 e. The summed E-state index contributed by atoms with van der Waals surface area (Å²) in [6.45, 7) is 8.72. The number of rotatable bonds is 8. The molecule has 1 rings (SSSR count). The molecule has 0 heterocycles. The molecule has 0 amide bonds. The Hall–Kier alpha value is -2.08. The number of carbonyl (C=O) groups excluding carboxylic acids is 2. The van der Waals surface area contributed by atoms with Crippen molar-refractivity contribution < 1.29 is 19.1 Å². The highest BCUT2D eigenvalue weighted by molar-refractivity contribution is 6.03. The van der Waals surface area contributed by atoms with Crippen molar-refractivity contribution in [3.63, 3.8) is 0 Å². The van der Waals surface area contributed by atoms with Crippen molar-refractivity contribution in [3.05, 3.63) is 29.3 Å². The van der Waals surface area contributed by atoms with Gasteiger partial charge in [-0.15, -0.1) is 0 Å². The number of nitrogens with zero attached hydrogens (tertiary/aromatic N) is 1. The number of nitrogens with two attached hydrogens (primary N) is 1. The number of nitrogen functional groups attached to an aromatic ring is 1. The zero-order valence-corrected chi connectivity index (χ0v) is 13.4. The Bertz CT molecular complexity index is 513. The Morgan fingerprint density at radius 1 is 1.05 bits per heavy atom. The summed E-state index contributed by atoms with van der Waals surface area (Å²) in [5, 5.41) is 0. The SMILES string of the molecule is CCOC(=O)c1ccc(N)cc1C(=O)OCCN(CC)CC. The first-order chi connectivity index (χ1) is 10.5. The van der Waals surface area contributed by atoms with Crippen LogP contribution in [0.3, 0.4) is 0 Å². The van der Waals surface area contributed by atoms with E-state index in [2.05, 4.69) is 4.90 Å². The van der Waals surface area contributed by atoms with Crippen molar-refractivity contribution in [1.29, 1.82) is 0 Å². The number of ether oxygens (including phenoxy) is 2. The van der Waals surface area contributed by atoms with E-state index in [0.29, 0.717) is 12.2 Å². The molecular formula is C16H24N2O4. The van der Waals surface area contributed by atoms with Gasteiger partial charge in [-0.05, 0) is 38.2 Å². The zero-order chi connectivity index (χ0) is 16.5. The first-order valence-corrected chi connectivity index (χ1v) is 7.49. The number of anilines is 1. The van der Waals surface area contributed by atoms with Gasteiger partial charge in [-0.2, -0.15) is 0 Å². The van der Waals surface area contributed by atoms with Gasteiger partial charge in [0, 0.05) is 12.2 Å². The van der Waals surface area contributed by atoms with Crippen molar-refractivity contribution in [2.24, 2.45) is 0 Å². The molecule has 0 aliphatic rings. The van der Waals surface area contributed by atoms with Gasteiger partial charge in [0.15, 0.2) is 0 Å². The average molecular weight is 308 g/mol. The van der Waals surface area contributed by atoms with Crippen molar-refractivity contribution >= 4 is 17.6 Å². The number of hydrogen-bond donors (Lipinski definition) is 1. The average Bonchev–Trinajstić information content (AvgIpc) is 2.51. The molecule has 0 saturated heterocycles. The molecule has 6 heteroatoms. The molecular weight excluding hydrogens is 284 g/mol. The van der Waals surface area contributed by atoms with Gasteiger partial charge in [0.2, 0.25) is 0 Å². The molecule has 0 radical (unpaired) electrons. The van der Waals surface area contributed by atoms with Crippen LogP contribution in [0.5, 0.6) is 0 Å². The summed E-state index contributed by atoms with van der Waals surface area (Å²) >= 11 is 0. The second-order valence-corrected chi connectivity index (χ2v) is 4.69. The van der Waals surface area contributed by atoms with Gasteiger partial charge in [-0.3, -0.25) is 0 Å². The van der Waals surface area contributed by atoms with Crippen molar-refractivity contribution in [2.75, 3.05) is 38.6 Å². The van der Waals surface area contributed by atoms with Crippen LogP contribution in [-0.4, -0.2) is 49.7 Å². The van der Waals surface area contributed by atoms with Crippen LogP contribution in [0.25, 0.3) is 0 Å². The maximum atomic E-state index is 12.2. The van der Waals surface area contributed by atoms with Crippen LogP contribution in [0, 0.1) is 0 Å². The molecule has 6 nitrogen and oxygen atoms in total. The van der Waals surface area contributed by atoms with E-state index in [-0.39, 0.29) is 24.3 Å². The van der Waals surface area contributed by atoms with Crippen LogP contribution in [0.1, 0.15) is 41.5 Å². The summed E-state index contributed by atoms with van der Waals surface area (Å²) in [5.74, 6) is -1.12. The maximum Gasteiger partial charge on any atom is 0.339 e. The molecule has 122 valence electrons. The van der Waals surface area contributed by atoms with Crippen LogP contribution in [0.15, 0.2) is 18.2 Å². The van der Waals surface area contributed by atoms with Gasteiger partial charge in [0.1, 0.15) is 6.61 Å². The van der Waals surface area contributed by atoms with Crippen LogP contribution in [0.4, 0.5) is 5.69 Å². The third-order valence-electron chi connectivity index (χ3n) is 3.29. The normalized spacial score (nSPS) is 10.5. The summed E-state index contributed by atoms with van der Waals surface area (Å²) in [6.07, 6.45) is 0. The summed E-state index contributed by atoms with van der Waals surface area (Å²) in [6, 6.07) is 4.47. The van der Waals surface area contributed by atoms with Crippen molar-refractivity contribution in [3.8, 4) is 0 Å². The van der Waals surface area contributed by atoms with Crippen LogP contribution >= 0.6 is 0 Å². The molecule has 0 spiro atoms. The Morgan fingerprint density at radius 3 is 2.27 bits per heavy atom. The van der Waals surface area contributed by atoms with E-state index >= 15 is 0 Å². The van der Waals surface area contributed by atoms with E-state index in [1.807, 2.05) is 13.8 Å². The number of likely N-dealkylation sites (N-methyl/N-ethyl adjacent to an activating group) is 1. The standard InChI is InChI=1S/C16H24N2O4/c1-4-18(5-2)9-10-22-16(20)14-11-12(17)7-8-13(14)15(19)21-6-3/h7-8,11H,4-6,9-10,17H2,1-3H3. The Labute approximate surface area is 131 Å². The van der Waals surface area contributed by atoms with Crippen LogP contribution < -0.4 is 5.73 Å².